The Hall–Kier alpha value is -1.10. The van der Waals surface area contributed by atoms with Crippen LogP contribution in [-0.2, 0) is 16.1 Å². The number of hydrogen-bond acceptors (Lipinski definition) is 3. The van der Waals surface area contributed by atoms with Gasteiger partial charge in [-0.25, -0.2) is 0 Å². The second-order valence-corrected chi connectivity index (χ2v) is 5.57. The van der Waals surface area contributed by atoms with E-state index in [0.29, 0.717) is 24.8 Å². The van der Waals surface area contributed by atoms with Crippen LogP contribution in [0.4, 0.5) is 0 Å². The predicted octanol–water partition coefficient (Wildman–Crippen LogP) is 1.92. The predicted molar refractivity (Wildman–Crippen MR) is 79.7 cm³/mol. The summed E-state index contributed by atoms with van der Waals surface area (Å²) in [5.41, 5.74) is 1.07. The highest BCUT2D eigenvalue weighted by molar-refractivity contribution is 6.30. The summed E-state index contributed by atoms with van der Waals surface area (Å²) in [5, 5.41) is 4.02. The zero-order valence-corrected chi connectivity index (χ0v) is 12.7. The third-order valence-corrected chi connectivity index (χ3v) is 3.83. The van der Waals surface area contributed by atoms with Crippen LogP contribution < -0.4 is 5.32 Å². The highest BCUT2D eigenvalue weighted by atomic mass is 35.5. The van der Waals surface area contributed by atoms with E-state index in [9.17, 15) is 4.79 Å². The molecule has 1 saturated heterocycles. The van der Waals surface area contributed by atoms with Crippen molar-refractivity contribution in [3.05, 3.63) is 34.9 Å². The van der Waals surface area contributed by atoms with Gasteiger partial charge < -0.3 is 15.0 Å². The van der Waals surface area contributed by atoms with Crippen molar-refractivity contribution in [3.63, 3.8) is 0 Å². The summed E-state index contributed by atoms with van der Waals surface area (Å²) in [6, 6.07) is 7.70. The van der Waals surface area contributed by atoms with Gasteiger partial charge in [0.05, 0.1) is 19.1 Å². The van der Waals surface area contributed by atoms with Gasteiger partial charge in [-0.05, 0) is 24.2 Å². The smallest absolute Gasteiger partial charge is 0.229 e. The van der Waals surface area contributed by atoms with Crippen LogP contribution in [0.1, 0.15) is 12.5 Å². The first-order valence-corrected chi connectivity index (χ1v) is 7.30. The molecule has 0 saturated carbocycles. The number of nitrogens with one attached hydrogen (secondary N) is 1. The van der Waals surface area contributed by atoms with Crippen molar-refractivity contribution in [3.8, 4) is 0 Å². The summed E-state index contributed by atoms with van der Waals surface area (Å²) in [4.78, 5) is 14.2. The van der Waals surface area contributed by atoms with Crippen molar-refractivity contribution < 1.29 is 9.53 Å². The number of carbonyl (C=O) groups excluding carboxylic acids is 1. The van der Waals surface area contributed by atoms with E-state index in [1.54, 1.807) is 4.90 Å². The molecule has 1 heterocycles. The van der Waals surface area contributed by atoms with Crippen molar-refractivity contribution in [1.82, 2.24) is 10.2 Å². The maximum atomic E-state index is 12.5. The lowest BCUT2D eigenvalue weighted by Crippen LogP contribution is -2.44. The fourth-order valence-corrected chi connectivity index (χ4v) is 2.61. The second-order valence-electron chi connectivity index (χ2n) is 5.13. The third kappa shape index (κ3) is 3.72. The van der Waals surface area contributed by atoms with Crippen molar-refractivity contribution in [2.45, 2.75) is 19.5 Å². The van der Waals surface area contributed by atoms with Gasteiger partial charge in [0.1, 0.15) is 0 Å². The van der Waals surface area contributed by atoms with E-state index in [4.69, 9.17) is 16.3 Å². The summed E-state index contributed by atoms with van der Waals surface area (Å²) in [5.74, 6) is 0.0376. The fourth-order valence-electron chi connectivity index (χ4n) is 2.49. The molecule has 5 heteroatoms. The zero-order chi connectivity index (χ0) is 14.5. The standard InChI is InChI=1S/C15H21ClN2O2/c1-3-17-14-10-20-9-13(14)15(19)18(2)8-11-4-6-12(16)7-5-11/h4-7,13-14,17H,3,8-10H2,1-2H3. The topological polar surface area (TPSA) is 41.6 Å². The van der Waals surface area contributed by atoms with Crippen LogP contribution in [0.25, 0.3) is 0 Å². The molecule has 2 unspecified atom stereocenters. The molecule has 1 aromatic carbocycles. The van der Waals surface area contributed by atoms with Crippen LogP contribution in [-0.4, -0.2) is 43.7 Å². The maximum Gasteiger partial charge on any atom is 0.229 e. The molecule has 2 atom stereocenters. The number of likely N-dealkylation sites (N-methyl/N-ethyl adjacent to an activating group) is 1. The summed E-state index contributed by atoms with van der Waals surface area (Å²) < 4.78 is 5.43. The van der Waals surface area contributed by atoms with E-state index >= 15 is 0 Å². The molecule has 0 aromatic heterocycles. The van der Waals surface area contributed by atoms with Crippen LogP contribution in [0, 0.1) is 5.92 Å². The SMILES string of the molecule is CCNC1COCC1C(=O)N(C)Cc1ccc(Cl)cc1. The number of benzene rings is 1. The number of amides is 1. The molecule has 2 rings (SSSR count). The average molecular weight is 297 g/mol. The summed E-state index contributed by atoms with van der Waals surface area (Å²) in [6.45, 7) is 4.59. The van der Waals surface area contributed by atoms with Gasteiger partial charge in [-0.15, -0.1) is 0 Å². The molecule has 1 aromatic rings. The Bertz CT molecular complexity index is 450. The lowest BCUT2D eigenvalue weighted by molar-refractivity contribution is -0.135. The summed E-state index contributed by atoms with van der Waals surface area (Å²) in [6.07, 6.45) is 0. The summed E-state index contributed by atoms with van der Waals surface area (Å²) in [7, 11) is 1.83. The van der Waals surface area contributed by atoms with Gasteiger partial charge in [-0.2, -0.15) is 0 Å². The zero-order valence-electron chi connectivity index (χ0n) is 11.9. The van der Waals surface area contributed by atoms with E-state index in [1.165, 1.54) is 0 Å². The molecule has 0 spiro atoms. The Morgan fingerprint density at radius 2 is 2.10 bits per heavy atom. The molecule has 1 aliphatic rings. The first kappa shape index (κ1) is 15.3. The van der Waals surface area contributed by atoms with E-state index < -0.39 is 0 Å². The lowest BCUT2D eigenvalue weighted by Gasteiger charge is -2.24. The highest BCUT2D eigenvalue weighted by Gasteiger charge is 2.35. The van der Waals surface area contributed by atoms with Gasteiger partial charge in [0.2, 0.25) is 5.91 Å². The van der Waals surface area contributed by atoms with E-state index in [1.807, 2.05) is 38.2 Å². The Morgan fingerprint density at radius 1 is 1.40 bits per heavy atom. The highest BCUT2D eigenvalue weighted by Crippen LogP contribution is 2.18. The number of carbonyl (C=O) groups is 1. The Balaban J connectivity index is 1.96. The van der Waals surface area contributed by atoms with Gasteiger partial charge in [0.25, 0.3) is 0 Å². The average Bonchev–Trinajstić information content (AvgIpc) is 2.89. The van der Waals surface area contributed by atoms with Gasteiger partial charge in [0, 0.05) is 24.7 Å². The number of rotatable bonds is 5. The van der Waals surface area contributed by atoms with Gasteiger partial charge in [-0.1, -0.05) is 30.7 Å². The molecule has 110 valence electrons. The second kappa shape index (κ2) is 7.07. The molecule has 1 N–H and O–H groups in total. The van der Waals surface area contributed by atoms with Crippen LogP contribution in [0.2, 0.25) is 5.02 Å². The van der Waals surface area contributed by atoms with Crippen molar-refractivity contribution in [2.75, 3.05) is 26.8 Å². The van der Waals surface area contributed by atoms with Gasteiger partial charge in [0.15, 0.2) is 0 Å². The molecule has 1 fully saturated rings. The van der Waals surface area contributed by atoms with Crippen LogP contribution in [0.5, 0.6) is 0 Å². The number of hydrogen-bond donors (Lipinski definition) is 1. The van der Waals surface area contributed by atoms with Crippen molar-refractivity contribution in [2.24, 2.45) is 5.92 Å². The monoisotopic (exact) mass is 296 g/mol. The number of nitrogens with zero attached hydrogens (tertiary/aromatic N) is 1. The normalized spacial score (nSPS) is 21.9. The Labute approximate surface area is 125 Å². The first-order valence-electron chi connectivity index (χ1n) is 6.92. The minimum absolute atomic E-state index is 0.0905. The molecule has 0 bridgehead atoms. The molecule has 20 heavy (non-hydrogen) atoms. The van der Waals surface area contributed by atoms with Crippen LogP contribution in [0.3, 0.4) is 0 Å². The van der Waals surface area contributed by atoms with Gasteiger partial charge in [-0.3, -0.25) is 4.79 Å². The number of halogens is 1. The van der Waals surface area contributed by atoms with E-state index in [2.05, 4.69) is 5.32 Å². The molecule has 4 nitrogen and oxygen atoms in total. The van der Waals surface area contributed by atoms with E-state index in [0.717, 1.165) is 12.1 Å². The van der Waals surface area contributed by atoms with Crippen molar-refractivity contribution in [1.29, 1.82) is 0 Å². The Morgan fingerprint density at radius 3 is 2.75 bits per heavy atom. The van der Waals surface area contributed by atoms with Gasteiger partial charge >= 0.3 is 0 Å². The maximum absolute atomic E-state index is 12.5. The minimum Gasteiger partial charge on any atom is -0.379 e. The summed E-state index contributed by atoms with van der Waals surface area (Å²) >= 11 is 5.86. The molecule has 1 amide bonds. The quantitative estimate of drug-likeness (QED) is 0.903. The lowest BCUT2D eigenvalue weighted by atomic mass is 10.0. The molecule has 0 aliphatic carbocycles. The Kier molecular flexibility index (Phi) is 5.40. The van der Waals surface area contributed by atoms with E-state index in [-0.39, 0.29) is 17.9 Å². The molecular weight excluding hydrogens is 276 g/mol. The largest absolute Gasteiger partial charge is 0.379 e. The minimum atomic E-state index is -0.0905. The van der Waals surface area contributed by atoms with Crippen molar-refractivity contribution >= 4 is 17.5 Å². The third-order valence-electron chi connectivity index (χ3n) is 3.57. The fraction of sp³-hybridized carbons (Fsp3) is 0.533. The van der Waals surface area contributed by atoms with Crippen LogP contribution in [0.15, 0.2) is 24.3 Å². The molecule has 1 aliphatic heterocycles. The number of ether oxygens (including phenoxy) is 1. The van der Waals surface area contributed by atoms with Crippen LogP contribution >= 0.6 is 11.6 Å². The molecular formula is C15H21ClN2O2. The first-order chi connectivity index (χ1) is 9.61. The molecule has 0 radical (unpaired) electrons.